The van der Waals surface area contributed by atoms with Crippen molar-refractivity contribution in [3.8, 4) is 12.3 Å². The van der Waals surface area contributed by atoms with E-state index >= 15 is 0 Å². The van der Waals surface area contributed by atoms with E-state index in [1.807, 2.05) is 0 Å². The number of likely N-dealkylation sites (tertiary alicyclic amines) is 1. The van der Waals surface area contributed by atoms with Gasteiger partial charge < -0.3 is 25.2 Å². The third-order valence-corrected chi connectivity index (χ3v) is 6.84. The van der Waals surface area contributed by atoms with Crippen LogP contribution in [-0.4, -0.2) is 83.5 Å². The number of nitrogens with zero attached hydrogens (tertiary/aromatic N) is 4. The summed E-state index contributed by atoms with van der Waals surface area (Å²) in [5.74, 6) is 1.95. The first-order valence-corrected chi connectivity index (χ1v) is 12.6. The molecule has 37 heavy (non-hydrogen) atoms. The van der Waals surface area contributed by atoms with Gasteiger partial charge in [0, 0.05) is 55.7 Å². The van der Waals surface area contributed by atoms with Crippen molar-refractivity contribution >= 4 is 44.8 Å². The number of hydrogen-bond acceptors (Lipinski definition) is 8. The first-order valence-electron chi connectivity index (χ1n) is 11.8. The van der Waals surface area contributed by atoms with Gasteiger partial charge in [-0.3, -0.25) is 24.7 Å². The van der Waals surface area contributed by atoms with Gasteiger partial charge in [-0.15, -0.1) is 6.42 Å². The number of hydrogen-bond donors (Lipinski definition) is 2. The SMILES string of the molecule is C#C[C@@H]1CN(C(=O)c2cc(Br)cc([N+](=O)[O-])c2N[C@@H]2CCCN(C(=O)c3cncc(NC)c3)C2)CCO1. The summed E-state index contributed by atoms with van der Waals surface area (Å²) in [5.41, 5.74) is 1.23. The van der Waals surface area contributed by atoms with Gasteiger partial charge in [0.1, 0.15) is 11.8 Å². The van der Waals surface area contributed by atoms with Crippen LogP contribution in [0.3, 0.4) is 0 Å². The highest BCUT2D eigenvalue weighted by Crippen LogP contribution is 2.35. The lowest BCUT2D eigenvalue weighted by atomic mass is 10.0. The van der Waals surface area contributed by atoms with Gasteiger partial charge in [0.15, 0.2) is 0 Å². The van der Waals surface area contributed by atoms with Crippen LogP contribution >= 0.6 is 15.9 Å². The number of aromatic nitrogens is 1. The second-order valence-corrected chi connectivity index (χ2v) is 9.74. The van der Waals surface area contributed by atoms with Crippen LogP contribution in [-0.2, 0) is 4.74 Å². The number of anilines is 2. The minimum atomic E-state index is -0.537. The molecule has 1 aromatic heterocycles. The number of carbonyl (C=O) groups excluding carboxylic acids is 2. The molecule has 3 heterocycles. The van der Waals surface area contributed by atoms with Gasteiger partial charge >= 0.3 is 0 Å². The topological polar surface area (TPSA) is 130 Å². The Kier molecular flexibility index (Phi) is 8.25. The number of nitro benzene ring substituents is 1. The number of nitro groups is 1. The maximum absolute atomic E-state index is 13.5. The van der Waals surface area contributed by atoms with E-state index in [-0.39, 0.29) is 47.9 Å². The lowest BCUT2D eigenvalue weighted by molar-refractivity contribution is -0.384. The molecule has 4 rings (SSSR count). The molecule has 194 valence electrons. The van der Waals surface area contributed by atoms with E-state index in [4.69, 9.17) is 11.2 Å². The molecule has 1 aromatic carbocycles. The third kappa shape index (κ3) is 6.00. The van der Waals surface area contributed by atoms with Gasteiger partial charge in [0.05, 0.1) is 34.9 Å². The fraction of sp³-hybridized carbons (Fsp3) is 0.400. The number of nitrogens with one attached hydrogen (secondary N) is 2. The van der Waals surface area contributed by atoms with E-state index in [0.29, 0.717) is 42.5 Å². The van der Waals surface area contributed by atoms with Gasteiger partial charge in [0.2, 0.25) is 0 Å². The summed E-state index contributed by atoms with van der Waals surface area (Å²) < 4.78 is 5.87. The Hall–Kier alpha value is -3.69. The number of benzene rings is 1. The molecule has 2 N–H and O–H groups in total. The molecule has 2 aliphatic rings. The lowest BCUT2D eigenvalue weighted by Crippen LogP contribution is -2.46. The van der Waals surface area contributed by atoms with Gasteiger partial charge in [-0.25, -0.2) is 0 Å². The average molecular weight is 571 g/mol. The van der Waals surface area contributed by atoms with Crippen LogP contribution in [0.5, 0.6) is 0 Å². The van der Waals surface area contributed by atoms with Crippen molar-refractivity contribution in [3.05, 3.63) is 56.3 Å². The Labute approximate surface area is 222 Å². The number of pyridine rings is 1. The van der Waals surface area contributed by atoms with Crippen LogP contribution < -0.4 is 10.6 Å². The van der Waals surface area contributed by atoms with Crippen LogP contribution in [0, 0.1) is 22.5 Å². The summed E-state index contributed by atoms with van der Waals surface area (Å²) in [6, 6.07) is 4.36. The summed E-state index contributed by atoms with van der Waals surface area (Å²) in [6.07, 6.45) is 9.46. The number of terminal acetylenes is 1. The monoisotopic (exact) mass is 570 g/mol. The largest absolute Gasteiger partial charge is 0.387 e. The highest BCUT2D eigenvalue weighted by atomic mass is 79.9. The molecular formula is C25H27BrN6O5. The van der Waals surface area contributed by atoms with Crippen molar-refractivity contribution < 1.29 is 19.2 Å². The fourth-order valence-electron chi connectivity index (χ4n) is 4.52. The zero-order valence-corrected chi connectivity index (χ0v) is 21.9. The maximum atomic E-state index is 13.5. The molecule has 2 fully saturated rings. The predicted octanol–water partition coefficient (Wildman–Crippen LogP) is 2.98. The van der Waals surface area contributed by atoms with E-state index in [1.165, 1.54) is 12.3 Å². The summed E-state index contributed by atoms with van der Waals surface area (Å²) >= 11 is 3.30. The molecule has 11 nitrogen and oxygen atoms in total. The second kappa shape index (κ2) is 11.6. The smallest absolute Gasteiger partial charge is 0.294 e. The van der Waals surface area contributed by atoms with Crippen molar-refractivity contribution in [1.29, 1.82) is 0 Å². The van der Waals surface area contributed by atoms with Crippen molar-refractivity contribution in [1.82, 2.24) is 14.8 Å². The number of rotatable bonds is 6. The Bertz CT molecular complexity index is 1250. The van der Waals surface area contributed by atoms with E-state index in [2.05, 4.69) is 37.5 Å². The first kappa shape index (κ1) is 26.4. The molecule has 0 saturated carbocycles. The fourth-order valence-corrected chi connectivity index (χ4v) is 4.97. The number of ether oxygens (including phenoxy) is 1. The molecule has 2 amide bonds. The predicted molar refractivity (Wildman–Crippen MR) is 142 cm³/mol. The quantitative estimate of drug-likeness (QED) is 0.308. The second-order valence-electron chi connectivity index (χ2n) is 8.83. The summed E-state index contributed by atoms with van der Waals surface area (Å²) in [6.45, 7) is 1.67. The first-order chi connectivity index (χ1) is 17.8. The molecular weight excluding hydrogens is 544 g/mol. The molecule has 0 aliphatic carbocycles. The molecule has 0 spiro atoms. The third-order valence-electron chi connectivity index (χ3n) is 6.38. The Morgan fingerprint density at radius 2 is 2.00 bits per heavy atom. The van der Waals surface area contributed by atoms with Crippen LogP contribution in [0.15, 0.2) is 35.1 Å². The van der Waals surface area contributed by atoms with Gasteiger partial charge in [-0.2, -0.15) is 0 Å². The van der Waals surface area contributed by atoms with E-state index in [9.17, 15) is 19.7 Å². The number of piperidine rings is 1. The normalized spacial score (nSPS) is 19.6. The molecule has 0 radical (unpaired) electrons. The number of amides is 2. The highest BCUT2D eigenvalue weighted by Gasteiger charge is 2.32. The number of halogens is 1. The van der Waals surface area contributed by atoms with Crippen molar-refractivity contribution in [2.24, 2.45) is 0 Å². The van der Waals surface area contributed by atoms with Gasteiger partial charge in [0.25, 0.3) is 17.5 Å². The van der Waals surface area contributed by atoms with Gasteiger partial charge in [-0.1, -0.05) is 21.9 Å². The summed E-state index contributed by atoms with van der Waals surface area (Å²) in [7, 11) is 1.75. The lowest BCUT2D eigenvalue weighted by Gasteiger charge is -2.34. The van der Waals surface area contributed by atoms with Gasteiger partial charge in [-0.05, 0) is 25.0 Å². The molecule has 2 aromatic rings. The van der Waals surface area contributed by atoms with E-state index < -0.39 is 11.0 Å². The molecule has 0 bridgehead atoms. The molecule has 2 aliphatic heterocycles. The van der Waals surface area contributed by atoms with Crippen LogP contribution in [0.25, 0.3) is 0 Å². The van der Waals surface area contributed by atoms with Crippen LogP contribution in [0.1, 0.15) is 33.6 Å². The number of carbonyl (C=O) groups is 2. The van der Waals surface area contributed by atoms with Crippen LogP contribution in [0.2, 0.25) is 0 Å². The van der Waals surface area contributed by atoms with Crippen molar-refractivity contribution in [2.45, 2.75) is 25.0 Å². The Morgan fingerprint density at radius 3 is 2.73 bits per heavy atom. The zero-order chi connectivity index (χ0) is 26.5. The summed E-state index contributed by atoms with van der Waals surface area (Å²) in [5, 5.41) is 18.2. The minimum absolute atomic E-state index is 0.125. The highest BCUT2D eigenvalue weighted by molar-refractivity contribution is 9.10. The van der Waals surface area contributed by atoms with E-state index in [0.717, 1.165) is 5.69 Å². The summed E-state index contributed by atoms with van der Waals surface area (Å²) in [4.78, 5) is 45.5. The molecule has 2 saturated heterocycles. The molecule has 2 atom stereocenters. The number of morpholine rings is 1. The van der Waals surface area contributed by atoms with Crippen molar-refractivity contribution in [2.75, 3.05) is 50.5 Å². The molecule has 12 heteroatoms. The average Bonchev–Trinajstić information content (AvgIpc) is 2.93. The minimum Gasteiger partial charge on any atom is -0.387 e. The Morgan fingerprint density at radius 1 is 1.22 bits per heavy atom. The standard InChI is InChI=1S/C25H27BrN6O5/c1-3-20-15-31(7-8-37-20)25(34)21-10-17(26)11-22(32(35)36)23(21)29-18-5-4-6-30(14-18)24(33)16-9-19(27-2)13-28-12-16/h1,9-13,18,20,27,29H,4-8,14-15H2,2H3/t18-,20-/m1/s1. The Balaban J connectivity index is 1.60. The van der Waals surface area contributed by atoms with Crippen molar-refractivity contribution in [3.63, 3.8) is 0 Å². The van der Waals surface area contributed by atoms with Crippen LogP contribution in [0.4, 0.5) is 17.1 Å². The van der Waals surface area contributed by atoms with E-state index in [1.54, 1.807) is 35.2 Å². The zero-order valence-electron chi connectivity index (χ0n) is 20.3. The maximum Gasteiger partial charge on any atom is 0.294 e. The molecule has 0 unspecified atom stereocenters.